The van der Waals surface area contributed by atoms with Crippen LogP contribution in [-0.2, 0) is 11.3 Å². The molecule has 1 aromatic carbocycles. The number of hydrogen-bond acceptors (Lipinski definition) is 2. The van der Waals surface area contributed by atoms with Crippen molar-refractivity contribution in [3.63, 3.8) is 0 Å². The Bertz CT molecular complexity index is 536. The molecule has 4 nitrogen and oxygen atoms in total. The molecule has 1 aromatic heterocycles. The smallest absolute Gasteiger partial charge is 0.240 e. The summed E-state index contributed by atoms with van der Waals surface area (Å²) in [5.41, 5.74) is 2.08. The summed E-state index contributed by atoms with van der Waals surface area (Å²) in [5.74, 6) is 0.256. The number of nitrogens with one attached hydrogen (secondary N) is 1. The number of nitrogens with zero attached hydrogens (tertiary/aromatic N) is 2. The van der Waals surface area contributed by atoms with Gasteiger partial charge in [-0.25, -0.2) is 0 Å². The quantitative estimate of drug-likeness (QED) is 0.861. The number of aromatic nitrogens is 2. The van der Waals surface area contributed by atoms with E-state index in [0.717, 1.165) is 11.1 Å². The number of rotatable bonds is 4. The number of anilines is 1. The molecule has 1 N–H and O–H groups in total. The van der Waals surface area contributed by atoms with Gasteiger partial charge in [0.1, 0.15) is 5.88 Å². The molecule has 18 heavy (non-hydrogen) atoms. The highest BCUT2D eigenvalue weighted by Crippen LogP contribution is 2.12. The fourth-order valence-corrected chi connectivity index (χ4v) is 1.73. The van der Waals surface area contributed by atoms with Crippen molar-refractivity contribution in [2.24, 2.45) is 0 Å². The van der Waals surface area contributed by atoms with Crippen LogP contribution in [0.4, 0.5) is 5.82 Å². The van der Waals surface area contributed by atoms with E-state index in [1.807, 2.05) is 43.5 Å². The van der Waals surface area contributed by atoms with Crippen molar-refractivity contribution in [2.75, 3.05) is 11.2 Å². The monoisotopic (exact) mass is 263 g/mol. The second-order valence-corrected chi connectivity index (χ2v) is 4.29. The van der Waals surface area contributed by atoms with Crippen molar-refractivity contribution >= 4 is 23.3 Å². The zero-order valence-corrected chi connectivity index (χ0v) is 10.8. The summed E-state index contributed by atoms with van der Waals surface area (Å²) >= 11 is 5.44. The van der Waals surface area contributed by atoms with Crippen molar-refractivity contribution in [1.82, 2.24) is 9.78 Å². The molecule has 1 amide bonds. The van der Waals surface area contributed by atoms with Crippen LogP contribution in [0.1, 0.15) is 11.1 Å². The Kier molecular flexibility index (Phi) is 3.99. The summed E-state index contributed by atoms with van der Waals surface area (Å²) in [6.45, 7) is 2.58. The maximum absolute atomic E-state index is 11.2. The van der Waals surface area contributed by atoms with Crippen molar-refractivity contribution in [3.8, 4) is 0 Å². The molecular formula is C13H14ClN3O. The standard InChI is InChI=1S/C13H14ClN3O/c1-10-8-17(9-11-5-3-2-4-6-11)16-13(10)15-12(18)7-14/h2-6,8H,7,9H2,1H3,(H,15,16,18). The zero-order chi connectivity index (χ0) is 13.0. The van der Waals surface area contributed by atoms with Crippen molar-refractivity contribution in [2.45, 2.75) is 13.5 Å². The van der Waals surface area contributed by atoms with Crippen LogP contribution < -0.4 is 5.32 Å². The summed E-state index contributed by atoms with van der Waals surface area (Å²) < 4.78 is 1.80. The minimum Gasteiger partial charge on any atom is -0.308 e. The van der Waals surface area contributed by atoms with Gasteiger partial charge in [0.05, 0.1) is 6.54 Å². The molecule has 0 fully saturated rings. The number of carbonyl (C=O) groups excluding carboxylic acids is 1. The van der Waals surface area contributed by atoms with E-state index >= 15 is 0 Å². The highest BCUT2D eigenvalue weighted by atomic mass is 35.5. The van der Waals surface area contributed by atoms with E-state index < -0.39 is 0 Å². The number of halogens is 1. The fourth-order valence-electron chi connectivity index (χ4n) is 1.66. The van der Waals surface area contributed by atoms with E-state index in [2.05, 4.69) is 10.4 Å². The highest BCUT2D eigenvalue weighted by Gasteiger charge is 2.08. The van der Waals surface area contributed by atoms with Crippen molar-refractivity contribution in [3.05, 3.63) is 47.7 Å². The van der Waals surface area contributed by atoms with Gasteiger partial charge in [-0.1, -0.05) is 30.3 Å². The molecule has 1 heterocycles. The lowest BCUT2D eigenvalue weighted by Crippen LogP contribution is -2.14. The normalized spacial score (nSPS) is 10.3. The van der Waals surface area contributed by atoms with Gasteiger partial charge in [-0.2, -0.15) is 5.10 Å². The van der Waals surface area contributed by atoms with Gasteiger partial charge in [-0.05, 0) is 12.5 Å². The van der Waals surface area contributed by atoms with Gasteiger partial charge in [0.2, 0.25) is 5.91 Å². The lowest BCUT2D eigenvalue weighted by atomic mass is 10.2. The third-order valence-electron chi connectivity index (χ3n) is 2.51. The van der Waals surface area contributed by atoms with Crippen LogP contribution in [0.25, 0.3) is 0 Å². The molecule has 2 aromatic rings. The van der Waals surface area contributed by atoms with Crippen LogP contribution in [0.2, 0.25) is 0 Å². The second-order valence-electron chi connectivity index (χ2n) is 4.03. The first-order valence-electron chi connectivity index (χ1n) is 5.63. The van der Waals surface area contributed by atoms with Crippen LogP contribution in [0.3, 0.4) is 0 Å². The van der Waals surface area contributed by atoms with Crippen LogP contribution in [0.15, 0.2) is 36.5 Å². The minimum absolute atomic E-state index is 0.0645. The van der Waals surface area contributed by atoms with E-state index in [9.17, 15) is 4.79 Å². The maximum atomic E-state index is 11.2. The van der Waals surface area contributed by atoms with Gasteiger partial charge >= 0.3 is 0 Å². The molecule has 0 atom stereocenters. The van der Waals surface area contributed by atoms with Crippen LogP contribution in [0, 0.1) is 6.92 Å². The Balaban J connectivity index is 2.11. The van der Waals surface area contributed by atoms with Crippen molar-refractivity contribution < 1.29 is 4.79 Å². The lowest BCUT2D eigenvalue weighted by molar-refractivity contribution is -0.113. The summed E-state index contributed by atoms with van der Waals surface area (Å²) in [6.07, 6.45) is 1.90. The van der Waals surface area contributed by atoms with Gasteiger partial charge in [-0.3, -0.25) is 9.48 Å². The summed E-state index contributed by atoms with van der Waals surface area (Å²) in [7, 11) is 0. The number of amides is 1. The first-order valence-corrected chi connectivity index (χ1v) is 6.16. The molecule has 0 aliphatic carbocycles. The fraction of sp³-hybridized carbons (Fsp3) is 0.231. The van der Waals surface area contributed by atoms with Gasteiger partial charge in [-0.15, -0.1) is 11.6 Å². The highest BCUT2D eigenvalue weighted by molar-refractivity contribution is 6.29. The third kappa shape index (κ3) is 3.11. The molecule has 0 unspecified atom stereocenters. The molecule has 2 rings (SSSR count). The molecule has 94 valence electrons. The van der Waals surface area contributed by atoms with Crippen LogP contribution >= 0.6 is 11.6 Å². The Morgan fingerprint density at radius 3 is 2.78 bits per heavy atom. The topological polar surface area (TPSA) is 46.9 Å². The first kappa shape index (κ1) is 12.6. The van der Waals surface area contributed by atoms with E-state index in [1.165, 1.54) is 0 Å². The van der Waals surface area contributed by atoms with E-state index in [0.29, 0.717) is 12.4 Å². The Hall–Kier alpha value is -1.81. The number of carbonyl (C=O) groups is 1. The molecule has 0 radical (unpaired) electrons. The Labute approximate surface area is 111 Å². The molecule has 0 aliphatic rings. The molecule has 0 aliphatic heterocycles. The first-order chi connectivity index (χ1) is 8.69. The number of aryl methyl sites for hydroxylation is 1. The second kappa shape index (κ2) is 5.69. The predicted octanol–water partition coefficient (Wildman–Crippen LogP) is 2.42. The van der Waals surface area contributed by atoms with E-state index in [4.69, 9.17) is 11.6 Å². The molecule has 5 heteroatoms. The largest absolute Gasteiger partial charge is 0.308 e. The minimum atomic E-state index is -0.246. The van der Waals surface area contributed by atoms with Crippen molar-refractivity contribution in [1.29, 1.82) is 0 Å². The van der Waals surface area contributed by atoms with Gasteiger partial charge in [0.25, 0.3) is 0 Å². The van der Waals surface area contributed by atoms with E-state index in [-0.39, 0.29) is 11.8 Å². The molecule has 0 saturated carbocycles. The van der Waals surface area contributed by atoms with Gasteiger partial charge < -0.3 is 5.32 Å². The number of benzene rings is 1. The van der Waals surface area contributed by atoms with Crippen LogP contribution in [0.5, 0.6) is 0 Å². The Morgan fingerprint density at radius 2 is 2.11 bits per heavy atom. The number of hydrogen-bond donors (Lipinski definition) is 1. The van der Waals surface area contributed by atoms with E-state index in [1.54, 1.807) is 4.68 Å². The molecule has 0 bridgehead atoms. The molecule has 0 saturated heterocycles. The zero-order valence-electron chi connectivity index (χ0n) is 10.1. The van der Waals surface area contributed by atoms with Crippen LogP contribution in [-0.4, -0.2) is 21.6 Å². The third-order valence-corrected chi connectivity index (χ3v) is 2.75. The summed E-state index contributed by atoms with van der Waals surface area (Å²) in [5, 5.41) is 6.98. The van der Waals surface area contributed by atoms with Gasteiger partial charge in [0.15, 0.2) is 5.82 Å². The summed E-state index contributed by atoms with van der Waals surface area (Å²) in [6, 6.07) is 10.0. The Morgan fingerprint density at radius 1 is 1.39 bits per heavy atom. The number of alkyl halides is 1. The maximum Gasteiger partial charge on any atom is 0.240 e. The molecule has 0 spiro atoms. The predicted molar refractivity (Wildman–Crippen MR) is 71.9 cm³/mol. The average Bonchev–Trinajstić information content (AvgIpc) is 2.70. The average molecular weight is 264 g/mol. The lowest BCUT2D eigenvalue weighted by Gasteiger charge is -2.01. The molecular weight excluding hydrogens is 250 g/mol. The summed E-state index contributed by atoms with van der Waals surface area (Å²) in [4.78, 5) is 11.2. The SMILES string of the molecule is Cc1cn(Cc2ccccc2)nc1NC(=O)CCl. The van der Waals surface area contributed by atoms with Gasteiger partial charge in [0, 0.05) is 11.8 Å².